The number of ether oxygens (including phenoxy) is 1. The van der Waals surface area contributed by atoms with Crippen LogP contribution in [0.4, 0.5) is 18.0 Å². The van der Waals surface area contributed by atoms with E-state index in [0.29, 0.717) is 31.8 Å². The number of nitrogens with zero attached hydrogens (tertiary/aromatic N) is 4. The summed E-state index contributed by atoms with van der Waals surface area (Å²) in [5.41, 5.74) is 0.884. The number of imidazole rings is 1. The molecule has 2 aromatic heterocycles. The number of amides is 1. The van der Waals surface area contributed by atoms with Crippen molar-refractivity contribution in [1.29, 1.82) is 0 Å². The molecule has 0 aliphatic carbocycles. The zero-order valence-corrected chi connectivity index (χ0v) is 22.7. The second-order valence-electron chi connectivity index (χ2n) is 9.72. The first-order valence-electron chi connectivity index (χ1n) is 12.8. The molecule has 0 unspecified atom stereocenters. The first-order chi connectivity index (χ1) is 19.5. The van der Waals surface area contributed by atoms with E-state index in [0.717, 1.165) is 24.0 Å². The lowest BCUT2D eigenvalue weighted by Crippen LogP contribution is -2.38. The molecule has 1 fully saturated rings. The fraction of sp³-hybridized carbons (Fsp3) is 0.286. The van der Waals surface area contributed by atoms with Gasteiger partial charge in [-0.05, 0) is 36.6 Å². The number of likely N-dealkylation sites (tertiary alicyclic amines) is 1. The molecule has 0 atom stereocenters. The van der Waals surface area contributed by atoms with E-state index in [-0.39, 0.29) is 35.2 Å². The van der Waals surface area contributed by atoms with E-state index in [4.69, 9.17) is 4.74 Å². The van der Waals surface area contributed by atoms with Crippen molar-refractivity contribution < 1.29 is 31.1 Å². The van der Waals surface area contributed by atoms with Crippen LogP contribution in [-0.4, -0.2) is 58.7 Å². The number of nitrogens with one attached hydrogen (secondary N) is 1. The molecule has 1 amide bonds. The van der Waals surface area contributed by atoms with Crippen molar-refractivity contribution in [3.63, 3.8) is 0 Å². The van der Waals surface area contributed by atoms with E-state index in [9.17, 15) is 26.4 Å². The predicted octanol–water partition coefficient (Wildman–Crippen LogP) is 5.47. The number of rotatable bonds is 6. The van der Waals surface area contributed by atoms with Crippen molar-refractivity contribution in [3.8, 4) is 22.6 Å². The van der Waals surface area contributed by atoms with Crippen molar-refractivity contribution in [3.05, 3.63) is 83.8 Å². The summed E-state index contributed by atoms with van der Waals surface area (Å²) in [5.74, 6) is 0.368. The normalized spacial score (nSPS) is 14.7. The van der Waals surface area contributed by atoms with Crippen LogP contribution in [0, 0.1) is 0 Å². The molecule has 5 rings (SSSR count). The molecule has 0 spiro atoms. The van der Waals surface area contributed by atoms with E-state index >= 15 is 0 Å². The van der Waals surface area contributed by atoms with Gasteiger partial charge in [0.15, 0.2) is 0 Å². The summed E-state index contributed by atoms with van der Waals surface area (Å²) >= 11 is 0. The monoisotopic (exact) mass is 585 g/mol. The van der Waals surface area contributed by atoms with Gasteiger partial charge in [0.2, 0.25) is 15.0 Å². The van der Waals surface area contributed by atoms with Crippen molar-refractivity contribution in [2.45, 2.75) is 36.7 Å². The summed E-state index contributed by atoms with van der Waals surface area (Å²) in [7, 11) is -3.74. The van der Waals surface area contributed by atoms with Crippen LogP contribution in [0.25, 0.3) is 22.6 Å². The van der Waals surface area contributed by atoms with Gasteiger partial charge < -0.3 is 14.6 Å². The standard InChI is InChI=1S/C28H26F3N5O4S/c1-41(38,39)26-32-13-10-22(33-26)24-23(20-8-5-9-21(16-20)28(29,30)31)34-25(35-24)19-11-14-36(15-12-19)27(37)40-17-18-6-3-2-4-7-18/h2-10,13,16,19H,11-12,14-15,17H2,1H3,(H,34,35). The summed E-state index contributed by atoms with van der Waals surface area (Å²) in [6.07, 6.45) is -1.67. The number of halogens is 3. The van der Waals surface area contributed by atoms with Crippen LogP contribution in [-0.2, 0) is 27.4 Å². The van der Waals surface area contributed by atoms with Gasteiger partial charge in [-0.3, -0.25) is 0 Å². The third-order valence-electron chi connectivity index (χ3n) is 6.75. The van der Waals surface area contributed by atoms with Crippen LogP contribution < -0.4 is 0 Å². The third kappa shape index (κ3) is 6.56. The average Bonchev–Trinajstić information content (AvgIpc) is 3.42. The number of carbonyl (C=O) groups excluding carboxylic acids is 1. The van der Waals surface area contributed by atoms with Gasteiger partial charge >= 0.3 is 12.3 Å². The Bertz CT molecular complexity index is 1650. The lowest BCUT2D eigenvalue weighted by atomic mass is 9.96. The molecule has 3 heterocycles. The fourth-order valence-electron chi connectivity index (χ4n) is 4.63. The van der Waals surface area contributed by atoms with E-state index in [1.807, 2.05) is 30.3 Å². The highest BCUT2D eigenvalue weighted by atomic mass is 32.2. The second-order valence-corrected chi connectivity index (χ2v) is 11.6. The minimum absolute atomic E-state index is 0.136. The van der Waals surface area contributed by atoms with Crippen LogP contribution in [0.15, 0.2) is 72.0 Å². The number of H-pyrrole nitrogens is 1. The lowest BCUT2D eigenvalue weighted by Gasteiger charge is -2.30. The van der Waals surface area contributed by atoms with Crippen molar-refractivity contribution in [2.75, 3.05) is 19.3 Å². The maximum Gasteiger partial charge on any atom is 0.416 e. The molecule has 0 radical (unpaired) electrons. The number of aromatic amines is 1. The van der Waals surface area contributed by atoms with E-state index in [1.54, 1.807) is 4.90 Å². The minimum atomic E-state index is -4.56. The number of hydrogen-bond acceptors (Lipinski definition) is 7. The Morgan fingerprint density at radius 3 is 2.46 bits per heavy atom. The van der Waals surface area contributed by atoms with Crippen molar-refractivity contribution in [2.24, 2.45) is 0 Å². The maximum absolute atomic E-state index is 13.5. The molecule has 2 aromatic carbocycles. The molecular weight excluding hydrogens is 559 g/mol. The molecule has 9 nitrogen and oxygen atoms in total. The number of aromatic nitrogens is 4. The Morgan fingerprint density at radius 1 is 1.05 bits per heavy atom. The van der Waals surface area contributed by atoms with Crippen LogP contribution in [0.5, 0.6) is 0 Å². The first kappa shape index (κ1) is 28.3. The summed E-state index contributed by atoms with van der Waals surface area (Å²) < 4.78 is 70.0. The Hall–Kier alpha value is -4.26. The smallest absolute Gasteiger partial charge is 0.416 e. The molecule has 1 saturated heterocycles. The number of piperidine rings is 1. The van der Waals surface area contributed by atoms with Gasteiger partial charge in [0.1, 0.15) is 12.4 Å². The number of alkyl halides is 3. The molecule has 13 heteroatoms. The third-order valence-corrected chi connectivity index (χ3v) is 7.61. The van der Waals surface area contributed by atoms with E-state index < -0.39 is 32.8 Å². The van der Waals surface area contributed by atoms with Gasteiger partial charge in [-0.2, -0.15) is 13.2 Å². The lowest BCUT2D eigenvalue weighted by molar-refractivity contribution is -0.137. The Labute approximate surface area is 234 Å². The minimum Gasteiger partial charge on any atom is -0.445 e. The highest BCUT2D eigenvalue weighted by Gasteiger charge is 2.32. The fourth-order valence-corrected chi connectivity index (χ4v) is 5.14. The van der Waals surface area contributed by atoms with Crippen LogP contribution in [0.3, 0.4) is 0 Å². The number of hydrogen-bond donors (Lipinski definition) is 1. The largest absolute Gasteiger partial charge is 0.445 e. The summed E-state index contributed by atoms with van der Waals surface area (Å²) in [4.78, 5) is 30.0. The highest BCUT2D eigenvalue weighted by Crippen LogP contribution is 2.37. The van der Waals surface area contributed by atoms with Gasteiger partial charge in [0, 0.05) is 37.0 Å². The van der Waals surface area contributed by atoms with Gasteiger partial charge in [-0.1, -0.05) is 42.5 Å². The number of sulfone groups is 1. The first-order valence-corrected chi connectivity index (χ1v) is 14.6. The van der Waals surface area contributed by atoms with Crippen molar-refractivity contribution in [1.82, 2.24) is 24.8 Å². The van der Waals surface area contributed by atoms with Gasteiger partial charge in [0.05, 0.1) is 22.6 Å². The van der Waals surface area contributed by atoms with Crippen LogP contribution in [0.2, 0.25) is 0 Å². The summed E-state index contributed by atoms with van der Waals surface area (Å²) in [5, 5.41) is -0.413. The topological polar surface area (TPSA) is 118 Å². The zero-order valence-electron chi connectivity index (χ0n) is 21.9. The number of carbonyl (C=O) groups is 1. The Balaban J connectivity index is 1.41. The van der Waals surface area contributed by atoms with E-state index in [1.165, 1.54) is 24.4 Å². The molecule has 41 heavy (non-hydrogen) atoms. The zero-order chi connectivity index (χ0) is 29.2. The van der Waals surface area contributed by atoms with Gasteiger partial charge in [-0.25, -0.2) is 28.2 Å². The van der Waals surface area contributed by atoms with Crippen molar-refractivity contribution >= 4 is 15.9 Å². The van der Waals surface area contributed by atoms with Crippen LogP contribution >= 0.6 is 0 Å². The van der Waals surface area contributed by atoms with Gasteiger partial charge in [0.25, 0.3) is 0 Å². The molecule has 4 aromatic rings. The molecular formula is C28H26F3N5O4S. The molecule has 1 aliphatic rings. The molecule has 214 valence electrons. The van der Waals surface area contributed by atoms with E-state index in [2.05, 4.69) is 19.9 Å². The predicted molar refractivity (Wildman–Crippen MR) is 143 cm³/mol. The quantitative estimate of drug-likeness (QED) is 0.298. The summed E-state index contributed by atoms with van der Waals surface area (Å²) in [6, 6.07) is 15.6. The average molecular weight is 586 g/mol. The highest BCUT2D eigenvalue weighted by molar-refractivity contribution is 7.90. The van der Waals surface area contributed by atoms with Crippen LogP contribution in [0.1, 0.15) is 35.7 Å². The van der Waals surface area contributed by atoms with Gasteiger partial charge in [-0.15, -0.1) is 0 Å². The second kappa shape index (κ2) is 11.3. The Kier molecular flexibility index (Phi) is 7.80. The molecule has 0 bridgehead atoms. The molecule has 1 N–H and O–H groups in total. The molecule has 0 saturated carbocycles. The Morgan fingerprint density at radius 2 is 1.78 bits per heavy atom. The SMILES string of the molecule is CS(=O)(=O)c1nccc(-c2[nH]c(C3CCN(C(=O)OCc4ccccc4)CC3)nc2-c2cccc(C(F)(F)F)c2)n1. The number of benzene rings is 2. The maximum atomic E-state index is 13.5. The molecule has 1 aliphatic heterocycles. The summed E-state index contributed by atoms with van der Waals surface area (Å²) in [6.45, 7) is 0.966.